The van der Waals surface area contributed by atoms with Gasteiger partial charge in [-0.1, -0.05) is 34.6 Å². The minimum Gasteiger partial charge on any atom is -0.229 e. The highest BCUT2D eigenvalue weighted by Gasteiger charge is 2.35. The van der Waals surface area contributed by atoms with Gasteiger partial charge in [-0.05, 0) is 11.3 Å². The maximum Gasteiger partial charge on any atom is 0.151 e. The zero-order valence-corrected chi connectivity index (χ0v) is 9.70. The predicted molar refractivity (Wildman–Crippen MR) is 52.9 cm³/mol. The number of hydrogen-bond acceptors (Lipinski definition) is 2. The Kier molecular flexibility index (Phi) is 3.35. The maximum atomic E-state index is 11.4. The van der Waals surface area contributed by atoms with Gasteiger partial charge in [0.2, 0.25) is 0 Å². The molecule has 0 saturated heterocycles. The van der Waals surface area contributed by atoms with Crippen molar-refractivity contribution in [1.29, 1.82) is 0 Å². The Morgan fingerprint density at radius 2 is 1.42 bits per heavy atom. The molecule has 0 spiro atoms. The van der Waals surface area contributed by atoms with E-state index in [1.165, 1.54) is 6.26 Å². The van der Waals surface area contributed by atoms with Crippen LogP contribution in [0.1, 0.15) is 34.6 Å². The fourth-order valence-corrected chi connectivity index (χ4v) is 4.41. The molecule has 0 aliphatic carbocycles. The van der Waals surface area contributed by atoms with E-state index in [-0.39, 0.29) is 16.6 Å². The minimum atomic E-state index is -2.92. The van der Waals surface area contributed by atoms with Gasteiger partial charge in [0.1, 0.15) is 0 Å². The molecule has 0 rings (SSSR count). The van der Waals surface area contributed by atoms with Crippen LogP contribution in [0.15, 0.2) is 0 Å². The van der Waals surface area contributed by atoms with Gasteiger partial charge in [-0.15, -0.1) is 0 Å². The standard InChI is InChI=1S/C9H20O2S/c1-7(2)8(9(3,4)5)12(6,10)11/h7-8H,1-6H3. The first kappa shape index (κ1) is 11.9. The summed E-state index contributed by atoms with van der Waals surface area (Å²) in [6, 6.07) is 0. The molecule has 0 fully saturated rings. The molecule has 0 N–H and O–H groups in total. The summed E-state index contributed by atoms with van der Waals surface area (Å²) in [6.45, 7) is 9.82. The third-order valence-electron chi connectivity index (χ3n) is 1.92. The van der Waals surface area contributed by atoms with E-state index < -0.39 is 9.84 Å². The summed E-state index contributed by atoms with van der Waals surface area (Å²) >= 11 is 0. The average molecular weight is 192 g/mol. The summed E-state index contributed by atoms with van der Waals surface area (Å²) < 4.78 is 22.8. The lowest BCUT2D eigenvalue weighted by molar-refractivity contribution is 0.321. The second-order valence-electron chi connectivity index (χ2n) is 4.86. The van der Waals surface area contributed by atoms with Crippen molar-refractivity contribution >= 4 is 9.84 Å². The van der Waals surface area contributed by atoms with Crippen molar-refractivity contribution < 1.29 is 8.42 Å². The summed E-state index contributed by atoms with van der Waals surface area (Å²) in [5.74, 6) is 0.181. The van der Waals surface area contributed by atoms with Crippen molar-refractivity contribution in [3.8, 4) is 0 Å². The van der Waals surface area contributed by atoms with E-state index in [4.69, 9.17) is 0 Å². The molecule has 1 unspecified atom stereocenters. The van der Waals surface area contributed by atoms with Gasteiger partial charge in [-0.25, -0.2) is 8.42 Å². The molecule has 0 aliphatic heterocycles. The van der Waals surface area contributed by atoms with E-state index in [9.17, 15) is 8.42 Å². The summed E-state index contributed by atoms with van der Waals surface area (Å²) in [4.78, 5) is 0. The highest BCUT2D eigenvalue weighted by atomic mass is 32.2. The molecule has 3 heteroatoms. The van der Waals surface area contributed by atoms with Gasteiger partial charge in [0, 0.05) is 6.26 Å². The molecule has 0 heterocycles. The van der Waals surface area contributed by atoms with Gasteiger partial charge >= 0.3 is 0 Å². The van der Waals surface area contributed by atoms with Crippen LogP contribution in [-0.4, -0.2) is 19.9 Å². The number of hydrogen-bond donors (Lipinski definition) is 0. The smallest absolute Gasteiger partial charge is 0.151 e. The summed E-state index contributed by atoms with van der Waals surface area (Å²) in [5, 5.41) is -0.245. The van der Waals surface area contributed by atoms with E-state index in [0.29, 0.717) is 0 Å². The van der Waals surface area contributed by atoms with E-state index in [0.717, 1.165) is 0 Å². The zero-order chi connectivity index (χ0) is 10.2. The van der Waals surface area contributed by atoms with Crippen LogP contribution in [0.2, 0.25) is 0 Å². The van der Waals surface area contributed by atoms with Gasteiger partial charge in [0.15, 0.2) is 9.84 Å². The van der Waals surface area contributed by atoms with Crippen molar-refractivity contribution in [3.05, 3.63) is 0 Å². The zero-order valence-electron chi connectivity index (χ0n) is 8.88. The maximum absolute atomic E-state index is 11.4. The molecule has 0 amide bonds. The molecule has 74 valence electrons. The van der Waals surface area contributed by atoms with Crippen molar-refractivity contribution in [3.63, 3.8) is 0 Å². The highest BCUT2D eigenvalue weighted by Crippen LogP contribution is 2.30. The fourth-order valence-electron chi connectivity index (χ4n) is 2.14. The highest BCUT2D eigenvalue weighted by molar-refractivity contribution is 7.91. The topological polar surface area (TPSA) is 34.1 Å². The second kappa shape index (κ2) is 3.36. The first-order valence-electron chi connectivity index (χ1n) is 4.25. The fraction of sp³-hybridized carbons (Fsp3) is 1.00. The van der Waals surface area contributed by atoms with Crippen LogP contribution < -0.4 is 0 Å². The molecule has 1 atom stereocenters. The molecule has 0 bridgehead atoms. The lowest BCUT2D eigenvalue weighted by atomic mass is 9.85. The Hall–Kier alpha value is -0.0500. The predicted octanol–water partition coefficient (Wildman–Crippen LogP) is 2.10. The van der Waals surface area contributed by atoms with Gasteiger partial charge < -0.3 is 0 Å². The molecule has 12 heavy (non-hydrogen) atoms. The quantitative estimate of drug-likeness (QED) is 0.671. The summed E-state index contributed by atoms with van der Waals surface area (Å²) in [7, 11) is -2.92. The van der Waals surface area contributed by atoms with E-state index >= 15 is 0 Å². The molecule has 0 radical (unpaired) electrons. The van der Waals surface area contributed by atoms with Crippen molar-refractivity contribution in [1.82, 2.24) is 0 Å². The van der Waals surface area contributed by atoms with Gasteiger partial charge in [0.05, 0.1) is 5.25 Å². The monoisotopic (exact) mass is 192 g/mol. The molecular weight excluding hydrogens is 172 g/mol. The van der Waals surface area contributed by atoms with Crippen LogP contribution in [0.3, 0.4) is 0 Å². The second-order valence-corrected chi connectivity index (χ2v) is 7.03. The lowest BCUT2D eigenvalue weighted by Crippen LogP contribution is -2.38. The minimum absolute atomic E-state index is 0.165. The molecule has 0 aromatic heterocycles. The first-order valence-corrected chi connectivity index (χ1v) is 6.21. The summed E-state index contributed by atoms with van der Waals surface area (Å²) in [6.07, 6.45) is 1.32. The van der Waals surface area contributed by atoms with Crippen LogP contribution in [-0.2, 0) is 9.84 Å². The Labute approximate surface area is 76.3 Å². The average Bonchev–Trinajstić information content (AvgIpc) is 1.49. The third kappa shape index (κ3) is 3.13. The number of rotatable bonds is 2. The molecule has 0 saturated carbocycles. The van der Waals surface area contributed by atoms with Crippen LogP contribution in [0.25, 0.3) is 0 Å². The largest absolute Gasteiger partial charge is 0.229 e. The first-order chi connectivity index (χ1) is 5.07. The molecule has 2 nitrogen and oxygen atoms in total. The van der Waals surface area contributed by atoms with Crippen LogP contribution in [0.4, 0.5) is 0 Å². The molecule has 0 aromatic rings. The van der Waals surface area contributed by atoms with Gasteiger partial charge in [-0.2, -0.15) is 0 Å². The van der Waals surface area contributed by atoms with Crippen LogP contribution in [0.5, 0.6) is 0 Å². The van der Waals surface area contributed by atoms with Crippen molar-refractivity contribution in [2.45, 2.75) is 39.9 Å². The van der Waals surface area contributed by atoms with E-state index in [1.54, 1.807) is 0 Å². The Morgan fingerprint density at radius 3 is 1.42 bits per heavy atom. The SMILES string of the molecule is CC(C)C(C(C)(C)C)S(C)(=O)=O. The van der Waals surface area contributed by atoms with Crippen LogP contribution >= 0.6 is 0 Å². The van der Waals surface area contributed by atoms with Gasteiger partial charge in [-0.3, -0.25) is 0 Å². The molecular formula is C9H20O2S. The van der Waals surface area contributed by atoms with Crippen molar-refractivity contribution in [2.24, 2.45) is 11.3 Å². The lowest BCUT2D eigenvalue weighted by Gasteiger charge is -2.32. The van der Waals surface area contributed by atoms with Crippen molar-refractivity contribution in [2.75, 3.05) is 6.26 Å². The van der Waals surface area contributed by atoms with E-state index in [1.807, 2.05) is 34.6 Å². The molecule has 0 aliphatic rings. The normalized spacial score (nSPS) is 16.6. The Bertz CT molecular complexity index is 232. The van der Waals surface area contributed by atoms with E-state index in [2.05, 4.69) is 0 Å². The Morgan fingerprint density at radius 1 is 1.08 bits per heavy atom. The Balaban J connectivity index is 4.97. The van der Waals surface area contributed by atoms with Crippen LogP contribution in [0, 0.1) is 11.3 Å². The third-order valence-corrected chi connectivity index (χ3v) is 4.09. The van der Waals surface area contributed by atoms with Gasteiger partial charge in [0.25, 0.3) is 0 Å². The molecule has 0 aromatic carbocycles. The number of sulfone groups is 1. The summed E-state index contributed by atoms with van der Waals surface area (Å²) in [5.41, 5.74) is -0.165.